The van der Waals surface area contributed by atoms with E-state index in [1.165, 1.54) is 10.7 Å². The van der Waals surface area contributed by atoms with Gasteiger partial charge in [-0.25, -0.2) is 19.1 Å². The Morgan fingerprint density at radius 1 is 1.03 bits per heavy atom. The van der Waals surface area contributed by atoms with E-state index in [0.29, 0.717) is 11.3 Å². The molecule has 1 aliphatic rings. The van der Waals surface area contributed by atoms with E-state index < -0.39 is 23.8 Å². The molecule has 0 saturated heterocycles. The number of methoxy groups -OCH3 is 2. The number of allylic oxidation sites excluding steroid dienone is 1. The zero-order chi connectivity index (χ0) is 28.1. The molecule has 1 aliphatic heterocycles. The van der Waals surface area contributed by atoms with Gasteiger partial charge < -0.3 is 19.9 Å². The van der Waals surface area contributed by atoms with E-state index in [-0.39, 0.29) is 40.5 Å². The number of ether oxygens (including phenoxy) is 3. The first-order chi connectivity index (χ1) is 18.9. The Hall–Kier alpha value is -5.37. The number of nitriles is 1. The van der Waals surface area contributed by atoms with E-state index in [1.54, 1.807) is 67.8 Å². The summed E-state index contributed by atoms with van der Waals surface area (Å²) in [4.78, 5) is 40.9. The molecular weight excluding hydrogens is 502 g/mol. The van der Waals surface area contributed by atoms with Gasteiger partial charge in [-0.05, 0) is 36.8 Å². The minimum Gasteiger partial charge on any atom is -0.466 e. The van der Waals surface area contributed by atoms with Crippen LogP contribution < -0.4 is 10.6 Å². The van der Waals surface area contributed by atoms with E-state index in [2.05, 4.69) is 11.2 Å². The molecule has 0 bridgehead atoms. The number of carbonyl (C=O) groups excluding carboxylic acids is 3. The van der Waals surface area contributed by atoms with Crippen LogP contribution in [0.2, 0.25) is 0 Å². The van der Waals surface area contributed by atoms with Crippen LogP contribution in [0.15, 0.2) is 89.7 Å². The van der Waals surface area contributed by atoms with Crippen LogP contribution in [0.25, 0.3) is 5.69 Å². The minimum atomic E-state index is -1.05. The summed E-state index contributed by atoms with van der Waals surface area (Å²) in [6.07, 6.45) is 3.25. The van der Waals surface area contributed by atoms with E-state index >= 15 is 0 Å². The van der Waals surface area contributed by atoms with Gasteiger partial charge in [-0.2, -0.15) is 10.4 Å². The van der Waals surface area contributed by atoms with Crippen molar-refractivity contribution in [2.24, 2.45) is 5.73 Å². The Morgan fingerprint density at radius 3 is 2.33 bits per heavy atom. The molecule has 1 unspecified atom stereocenters. The predicted molar refractivity (Wildman–Crippen MR) is 139 cm³/mol. The van der Waals surface area contributed by atoms with Gasteiger partial charge in [-0.1, -0.05) is 30.3 Å². The highest BCUT2D eigenvalue weighted by Gasteiger charge is 2.44. The average molecular weight is 528 g/mol. The Kier molecular flexibility index (Phi) is 7.77. The molecule has 11 nitrogen and oxygen atoms in total. The first-order valence-corrected chi connectivity index (χ1v) is 11.8. The third-order valence-corrected chi connectivity index (χ3v) is 6.10. The lowest BCUT2D eigenvalue weighted by atomic mass is 9.80. The Balaban J connectivity index is 2.11. The number of nitrogens with two attached hydrogens (primary N) is 1. The van der Waals surface area contributed by atoms with Crippen molar-refractivity contribution < 1.29 is 28.6 Å². The quantitative estimate of drug-likeness (QED) is 0.359. The second-order valence-electron chi connectivity index (χ2n) is 8.21. The molecule has 0 aliphatic carbocycles. The lowest BCUT2D eigenvalue weighted by molar-refractivity contribution is -0.139. The normalized spacial score (nSPS) is 15.0. The van der Waals surface area contributed by atoms with Gasteiger partial charge in [0.1, 0.15) is 11.5 Å². The Labute approximate surface area is 224 Å². The van der Waals surface area contributed by atoms with E-state index in [0.717, 1.165) is 19.1 Å². The summed E-state index contributed by atoms with van der Waals surface area (Å²) >= 11 is 0. The number of anilines is 1. The van der Waals surface area contributed by atoms with Crippen LogP contribution in [0, 0.1) is 11.3 Å². The molecule has 1 aromatic heterocycles. The molecule has 198 valence electrons. The zero-order valence-corrected chi connectivity index (χ0v) is 21.5. The van der Waals surface area contributed by atoms with Crippen molar-refractivity contribution in [2.75, 3.05) is 25.7 Å². The number of rotatable bonds is 7. The summed E-state index contributed by atoms with van der Waals surface area (Å²) in [5, 5.41) is 14.5. The third kappa shape index (κ3) is 4.83. The summed E-state index contributed by atoms with van der Waals surface area (Å²) in [5.41, 5.74) is 7.21. The van der Waals surface area contributed by atoms with Crippen molar-refractivity contribution in [3.8, 4) is 11.8 Å². The second-order valence-corrected chi connectivity index (χ2v) is 8.21. The molecular formula is C28H25N5O6. The van der Waals surface area contributed by atoms with E-state index in [4.69, 9.17) is 19.9 Å². The van der Waals surface area contributed by atoms with Gasteiger partial charge in [0.05, 0.1) is 60.9 Å². The molecule has 1 atom stereocenters. The molecule has 4 rings (SSSR count). The molecule has 2 aromatic carbocycles. The van der Waals surface area contributed by atoms with Gasteiger partial charge in [-0.15, -0.1) is 0 Å². The van der Waals surface area contributed by atoms with Crippen molar-refractivity contribution in [1.29, 1.82) is 5.26 Å². The Bertz CT molecular complexity index is 1520. The molecule has 0 saturated carbocycles. The van der Waals surface area contributed by atoms with Gasteiger partial charge in [0.15, 0.2) is 0 Å². The summed E-state index contributed by atoms with van der Waals surface area (Å²) in [7, 11) is 2.30. The minimum absolute atomic E-state index is 0.0248. The second kappa shape index (κ2) is 11.4. The molecule has 39 heavy (non-hydrogen) atoms. The topological polar surface area (TPSA) is 150 Å². The summed E-state index contributed by atoms with van der Waals surface area (Å²) in [6.45, 7) is 1.73. The molecule has 0 amide bonds. The highest BCUT2D eigenvalue weighted by Crippen LogP contribution is 2.44. The van der Waals surface area contributed by atoms with Crippen molar-refractivity contribution in [1.82, 2.24) is 9.78 Å². The standard InChI is InChI=1S/C28H25N5O6/c1-4-39-26(34)19-12-11-18(32-14-8-13-31-32)15-21(19)33-24(28(36)38-3)23(27(35)37-2)22(20(16-29)25(33)30)17-9-6-5-7-10-17/h5-15,22H,4,30H2,1-3H3. The van der Waals surface area contributed by atoms with Gasteiger partial charge >= 0.3 is 17.9 Å². The van der Waals surface area contributed by atoms with Crippen LogP contribution in [0.5, 0.6) is 0 Å². The fourth-order valence-corrected chi connectivity index (χ4v) is 4.41. The smallest absolute Gasteiger partial charge is 0.355 e. The summed E-state index contributed by atoms with van der Waals surface area (Å²) < 4.78 is 16.9. The first kappa shape index (κ1) is 26.7. The van der Waals surface area contributed by atoms with Crippen molar-refractivity contribution in [3.63, 3.8) is 0 Å². The molecule has 0 spiro atoms. The van der Waals surface area contributed by atoms with Crippen LogP contribution in [0.3, 0.4) is 0 Å². The highest BCUT2D eigenvalue weighted by atomic mass is 16.5. The number of hydrogen-bond acceptors (Lipinski definition) is 10. The van der Waals surface area contributed by atoms with Crippen molar-refractivity contribution >= 4 is 23.6 Å². The van der Waals surface area contributed by atoms with Crippen LogP contribution in [0.1, 0.15) is 28.8 Å². The SMILES string of the molecule is CCOC(=O)c1ccc(-n2cccn2)cc1N1C(N)=C(C#N)C(c2ccccc2)C(C(=O)OC)=C1C(=O)OC. The van der Waals surface area contributed by atoms with E-state index in [9.17, 15) is 19.6 Å². The molecule has 0 radical (unpaired) electrons. The van der Waals surface area contributed by atoms with Crippen LogP contribution >= 0.6 is 0 Å². The fourth-order valence-electron chi connectivity index (χ4n) is 4.41. The largest absolute Gasteiger partial charge is 0.466 e. The average Bonchev–Trinajstić information content (AvgIpc) is 3.51. The fraction of sp³-hybridized carbons (Fsp3) is 0.179. The number of carbonyl (C=O) groups is 3. The van der Waals surface area contributed by atoms with Crippen molar-refractivity contribution in [2.45, 2.75) is 12.8 Å². The lowest BCUT2D eigenvalue weighted by Gasteiger charge is -2.36. The van der Waals surface area contributed by atoms with Gasteiger partial charge in [0.25, 0.3) is 0 Å². The zero-order valence-electron chi connectivity index (χ0n) is 21.5. The molecule has 0 fully saturated rings. The summed E-state index contributed by atoms with van der Waals surface area (Å²) in [5.74, 6) is -3.75. The van der Waals surface area contributed by atoms with Gasteiger partial charge in [-0.3, -0.25) is 4.90 Å². The third-order valence-electron chi connectivity index (χ3n) is 6.10. The molecule has 2 N–H and O–H groups in total. The first-order valence-electron chi connectivity index (χ1n) is 11.8. The molecule has 3 aromatic rings. The van der Waals surface area contributed by atoms with Crippen LogP contribution in [0.4, 0.5) is 5.69 Å². The van der Waals surface area contributed by atoms with Gasteiger partial charge in [0, 0.05) is 12.4 Å². The maximum Gasteiger partial charge on any atom is 0.355 e. The molecule has 11 heteroatoms. The number of nitrogens with zero attached hydrogens (tertiary/aromatic N) is 4. The number of hydrogen-bond donors (Lipinski definition) is 1. The lowest BCUT2D eigenvalue weighted by Crippen LogP contribution is -2.41. The monoisotopic (exact) mass is 527 g/mol. The molecule has 2 heterocycles. The Morgan fingerprint density at radius 2 is 1.74 bits per heavy atom. The van der Waals surface area contributed by atoms with Crippen LogP contribution in [-0.4, -0.2) is 48.5 Å². The predicted octanol–water partition coefficient (Wildman–Crippen LogP) is 2.95. The summed E-state index contributed by atoms with van der Waals surface area (Å²) in [6, 6.07) is 17.1. The van der Waals surface area contributed by atoms with Crippen LogP contribution in [-0.2, 0) is 23.8 Å². The highest BCUT2D eigenvalue weighted by molar-refractivity contribution is 6.08. The van der Waals surface area contributed by atoms with Gasteiger partial charge in [0.2, 0.25) is 0 Å². The van der Waals surface area contributed by atoms with Crippen molar-refractivity contribution in [3.05, 3.63) is 101 Å². The number of benzene rings is 2. The van der Waals surface area contributed by atoms with E-state index in [1.807, 2.05) is 0 Å². The maximum absolute atomic E-state index is 13.4. The number of aromatic nitrogens is 2. The number of esters is 3. The maximum atomic E-state index is 13.4.